The Hall–Kier alpha value is -4.55. The lowest BCUT2D eigenvalue weighted by Crippen LogP contribution is -2.43. The molecule has 0 radical (unpaired) electrons. The second kappa shape index (κ2) is 10.8. The van der Waals surface area contributed by atoms with Gasteiger partial charge in [0.25, 0.3) is 0 Å². The van der Waals surface area contributed by atoms with E-state index in [-0.39, 0.29) is 40.9 Å². The van der Waals surface area contributed by atoms with Crippen molar-refractivity contribution in [2.45, 2.75) is 18.8 Å². The minimum Gasteiger partial charge on any atom is -0.508 e. The zero-order valence-electron chi connectivity index (χ0n) is 23.8. The van der Waals surface area contributed by atoms with Crippen LogP contribution in [-0.2, 0) is 19.2 Å². The quantitative estimate of drug-likeness (QED) is 0.150. The standard InChI is InChI=1S/C32H28B2N2O9/c37-21-9-1-4-16(12-21)26-22-10-11-23-27(31(40)35(29(23)38)19-7-2-5-17(13-19)33(42)43)24(22)15-25-28(26)32(41)36(30(25)39)20-8-3-6-18(14-20)34(44)45/h1-10,12-14,23-28,37,42-45H,11,15H2/t23-,24+,25+,26-,27-,28+/m0/s1. The molecule has 13 heteroatoms. The molecule has 0 aromatic heterocycles. The van der Waals surface area contributed by atoms with Gasteiger partial charge in [-0.3, -0.25) is 29.0 Å². The summed E-state index contributed by atoms with van der Waals surface area (Å²) in [4.78, 5) is 58.2. The van der Waals surface area contributed by atoms with Crippen molar-refractivity contribution in [3.05, 3.63) is 90.0 Å². The number of hydrogen-bond acceptors (Lipinski definition) is 9. The highest BCUT2D eigenvalue weighted by Crippen LogP contribution is 2.58. The molecule has 5 N–H and O–H groups in total. The molecule has 4 amide bonds. The minimum absolute atomic E-state index is 0.0250. The summed E-state index contributed by atoms with van der Waals surface area (Å²) in [5, 5.41) is 49.2. The molecule has 45 heavy (non-hydrogen) atoms. The largest absolute Gasteiger partial charge is 0.508 e. The van der Waals surface area contributed by atoms with Crippen LogP contribution >= 0.6 is 0 Å². The molecule has 0 bridgehead atoms. The van der Waals surface area contributed by atoms with Gasteiger partial charge in [0, 0.05) is 5.92 Å². The van der Waals surface area contributed by atoms with Crippen LogP contribution in [0, 0.1) is 29.6 Å². The van der Waals surface area contributed by atoms with Crippen LogP contribution in [0.2, 0.25) is 0 Å². The lowest BCUT2D eigenvalue weighted by atomic mass is 9.57. The fraction of sp³-hybridized carbons (Fsp3) is 0.250. The molecule has 2 heterocycles. The second-order valence-electron chi connectivity index (χ2n) is 12.1. The van der Waals surface area contributed by atoms with E-state index in [1.807, 2.05) is 6.08 Å². The van der Waals surface area contributed by atoms with Crippen LogP contribution < -0.4 is 20.7 Å². The number of imide groups is 2. The SMILES string of the molecule is O=C1[C@H]2[C@H](CC=C3[C@H]2C[C@H]2C(=O)N(c4cccc(B(O)O)c4)C(=O)[C@H]2[C@H]3c2cccc(O)c2)C(=O)N1c1cccc(B(O)O)c1. The van der Waals surface area contributed by atoms with Gasteiger partial charge in [-0.15, -0.1) is 0 Å². The summed E-state index contributed by atoms with van der Waals surface area (Å²) in [6.45, 7) is 0. The number of amides is 4. The van der Waals surface area contributed by atoms with Crippen LogP contribution in [0.25, 0.3) is 0 Å². The Morgan fingerprint density at radius 1 is 0.622 bits per heavy atom. The Balaban J connectivity index is 1.31. The van der Waals surface area contributed by atoms with Crippen molar-refractivity contribution in [3.63, 3.8) is 0 Å². The lowest BCUT2D eigenvalue weighted by Gasteiger charge is -2.44. The fourth-order valence-electron chi connectivity index (χ4n) is 7.84. The number of phenols is 1. The number of phenolic OH excluding ortho intramolecular Hbond substituents is 1. The molecule has 226 valence electrons. The monoisotopic (exact) mass is 606 g/mol. The minimum atomic E-state index is -1.81. The number of nitrogens with zero attached hydrogens (tertiary/aromatic N) is 2. The normalized spacial score (nSPS) is 27.2. The first-order chi connectivity index (χ1) is 21.6. The highest BCUT2D eigenvalue weighted by Gasteiger charge is 2.62. The Morgan fingerprint density at radius 2 is 1.18 bits per heavy atom. The summed E-state index contributed by atoms with van der Waals surface area (Å²) in [6.07, 6.45) is 2.26. The molecule has 1 saturated carbocycles. The van der Waals surface area contributed by atoms with E-state index in [0.29, 0.717) is 5.56 Å². The van der Waals surface area contributed by atoms with Gasteiger partial charge in [0.15, 0.2) is 0 Å². The molecule has 3 aromatic carbocycles. The van der Waals surface area contributed by atoms with Gasteiger partial charge in [0.2, 0.25) is 23.6 Å². The molecule has 2 aliphatic heterocycles. The van der Waals surface area contributed by atoms with Crippen molar-refractivity contribution in [3.8, 4) is 5.75 Å². The van der Waals surface area contributed by atoms with Crippen molar-refractivity contribution >= 4 is 60.2 Å². The Morgan fingerprint density at radius 3 is 1.76 bits per heavy atom. The molecule has 0 unspecified atom stereocenters. The third-order valence-electron chi connectivity index (χ3n) is 9.73. The number of hydrogen-bond donors (Lipinski definition) is 5. The number of carbonyl (C=O) groups is 4. The van der Waals surface area contributed by atoms with E-state index in [9.17, 15) is 44.4 Å². The van der Waals surface area contributed by atoms with Crippen molar-refractivity contribution < 1.29 is 44.4 Å². The molecule has 3 aromatic rings. The summed E-state index contributed by atoms with van der Waals surface area (Å²) in [5.41, 5.74) is 2.00. The lowest BCUT2D eigenvalue weighted by molar-refractivity contribution is -0.126. The number of anilines is 2. The topological polar surface area (TPSA) is 176 Å². The van der Waals surface area contributed by atoms with E-state index in [2.05, 4.69) is 0 Å². The average Bonchev–Trinajstić information content (AvgIpc) is 3.43. The maximum atomic E-state index is 14.2. The predicted octanol–water partition coefficient (Wildman–Crippen LogP) is -0.203. The summed E-state index contributed by atoms with van der Waals surface area (Å²) >= 11 is 0. The van der Waals surface area contributed by atoms with Crippen molar-refractivity contribution in [2.24, 2.45) is 29.6 Å². The summed E-state index contributed by atoms with van der Waals surface area (Å²) in [6, 6.07) is 18.3. The van der Waals surface area contributed by atoms with Crippen LogP contribution in [0.3, 0.4) is 0 Å². The zero-order valence-corrected chi connectivity index (χ0v) is 23.8. The predicted molar refractivity (Wildman–Crippen MR) is 163 cm³/mol. The molecule has 0 spiro atoms. The molecular weight excluding hydrogens is 578 g/mol. The number of allylic oxidation sites excluding steroid dienone is 2. The molecule has 4 aliphatic rings. The first-order valence-electron chi connectivity index (χ1n) is 14.7. The van der Waals surface area contributed by atoms with Crippen molar-refractivity contribution in [1.29, 1.82) is 0 Å². The summed E-state index contributed by atoms with van der Waals surface area (Å²) < 4.78 is 0. The molecular formula is C32H28B2N2O9. The second-order valence-corrected chi connectivity index (χ2v) is 12.1. The Bertz CT molecular complexity index is 1790. The van der Waals surface area contributed by atoms with E-state index in [1.165, 1.54) is 42.5 Å². The van der Waals surface area contributed by atoms with Crippen LogP contribution in [0.4, 0.5) is 11.4 Å². The first-order valence-corrected chi connectivity index (χ1v) is 14.7. The third kappa shape index (κ3) is 4.54. The van der Waals surface area contributed by atoms with Gasteiger partial charge in [-0.1, -0.05) is 48.0 Å². The molecule has 2 saturated heterocycles. The van der Waals surface area contributed by atoms with E-state index < -0.39 is 73.4 Å². The highest BCUT2D eigenvalue weighted by atomic mass is 16.4. The number of aromatic hydroxyl groups is 1. The number of benzene rings is 3. The van der Waals surface area contributed by atoms with Gasteiger partial charge in [-0.05, 0) is 71.6 Å². The fourth-order valence-corrected chi connectivity index (χ4v) is 7.84. The maximum Gasteiger partial charge on any atom is 0.488 e. The Labute approximate surface area is 258 Å². The molecule has 7 rings (SSSR count). The van der Waals surface area contributed by atoms with Gasteiger partial charge in [0.1, 0.15) is 5.75 Å². The molecule has 2 aliphatic carbocycles. The van der Waals surface area contributed by atoms with E-state index in [1.54, 1.807) is 30.3 Å². The first kappa shape index (κ1) is 29.2. The van der Waals surface area contributed by atoms with Gasteiger partial charge < -0.3 is 25.2 Å². The maximum absolute atomic E-state index is 14.2. The average molecular weight is 606 g/mol. The highest BCUT2D eigenvalue weighted by molar-refractivity contribution is 6.59. The zero-order chi connectivity index (χ0) is 31.7. The van der Waals surface area contributed by atoms with Crippen LogP contribution in [-0.4, -0.2) is 63.1 Å². The van der Waals surface area contributed by atoms with Crippen LogP contribution in [0.5, 0.6) is 5.75 Å². The van der Waals surface area contributed by atoms with Gasteiger partial charge in [-0.25, -0.2) is 0 Å². The number of fused-ring (bicyclic) bond motifs is 4. The van der Waals surface area contributed by atoms with Gasteiger partial charge >= 0.3 is 14.2 Å². The number of rotatable bonds is 5. The molecule has 6 atom stereocenters. The smallest absolute Gasteiger partial charge is 0.488 e. The van der Waals surface area contributed by atoms with Crippen LogP contribution in [0.1, 0.15) is 24.3 Å². The van der Waals surface area contributed by atoms with Crippen LogP contribution in [0.15, 0.2) is 84.4 Å². The van der Waals surface area contributed by atoms with E-state index >= 15 is 0 Å². The van der Waals surface area contributed by atoms with Crippen molar-refractivity contribution in [1.82, 2.24) is 0 Å². The summed E-state index contributed by atoms with van der Waals surface area (Å²) in [7, 11) is -3.60. The Kier molecular flexibility index (Phi) is 7.01. The van der Waals surface area contributed by atoms with Gasteiger partial charge in [-0.2, -0.15) is 0 Å². The summed E-state index contributed by atoms with van der Waals surface area (Å²) in [5.74, 6) is -6.32. The van der Waals surface area contributed by atoms with Crippen molar-refractivity contribution in [2.75, 3.05) is 9.80 Å². The molecule has 3 fully saturated rings. The molecule has 11 nitrogen and oxygen atoms in total. The van der Waals surface area contributed by atoms with E-state index in [0.717, 1.165) is 15.4 Å². The van der Waals surface area contributed by atoms with Gasteiger partial charge in [0.05, 0.1) is 35.0 Å². The third-order valence-corrected chi connectivity index (χ3v) is 9.73. The number of carbonyl (C=O) groups excluding carboxylic acids is 4. The van der Waals surface area contributed by atoms with E-state index in [4.69, 9.17) is 0 Å².